The molecule has 0 bridgehead atoms. The fraction of sp³-hybridized carbons (Fsp3) is 0.364. The highest BCUT2D eigenvalue weighted by Crippen LogP contribution is 2.40. The molecule has 178 valence electrons. The second-order valence-corrected chi connectivity index (χ2v) is 7.20. The van der Waals surface area contributed by atoms with Crippen molar-refractivity contribution in [2.75, 3.05) is 31.9 Å². The highest BCUT2D eigenvalue weighted by Gasteiger charge is 2.32. The second kappa shape index (κ2) is 12.3. The number of halogens is 2. The minimum Gasteiger partial charge on any atom is -0.494 e. The van der Waals surface area contributed by atoms with E-state index in [1.807, 2.05) is 0 Å². The largest absolute Gasteiger partial charge is 0.494 e. The zero-order chi connectivity index (χ0) is 24.5. The molecular weight excluding hydrogens is 473 g/mol. The topological polar surface area (TPSA) is 99.0 Å². The molecule has 0 aliphatic heterocycles. The quantitative estimate of drug-likeness (QED) is 0.234. The Balaban J connectivity index is 2.42. The van der Waals surface area contributed by atoms with Gasteiger partial charge in [0.15, 0.2) is 5.78 Å². The molecule has 0 fully saturated rings. The maximum Gasteiger partial charge on any atom is 0.276 e. The maximum atomic E-state index is 13.1. The Hall–Kier alpha value is -3.04. The van der Waals surface area contributed by atoms with Gasteiger partial charge in [0.05, 0.1) is 33.1 Å². The minimum atomic E-state index is -1.51. The number of para-hydroxylation sites is 1. The molecule has 2 aromatic carbocycles. The minimum absolute atomic E-state index is 0.138. The number of hydrogen-bond acceptors (Lipinski definition) is 8. The van der Waals surface area contributed by atoms with E-state index < -0.39 is 17.7 Å². The van der Waals surface area contributed by atoms with E-state index in [2.05, 4.69) is 10.2 Å². The summed E-state index contributed by atoms with van der Waals surface area (Å²) in [4.78, 5) is 25.3. The van der Waals surface area contributed by atoms with Gasteiger partial charge in [-0.15, -0.1) is 0 Å². The van der Waals surface area contributed by atoms with Crippen molar-refractivity contribution in [3.05, 3.63) is 35.4 Å². The smallest absolute Gasteiger partial charge is 0.276 e. The summed E-state index contributed by atoms with van der Waals surface area (Å²) in [6.07, 6.45) is 0. The van der Waals surface area contributed by atoms with Crippen LogP contribution in [0.1, 0.15) is 20.8 Å². The Labute approximate surface area is 202 Å². The normalized spacial score (nSPS) is 11.7. The molecule has 0 aliphatic carbocycles. The average Bonchev–Trinajstić information content (AvgIpc) is 2.80. The molecule has 0 radical (unpaired) electrons. The Kier molecular flexibility index (Phi) is 9.74. The number of anilines is 1. The van der Waals surface area contributed by atoms with Crippen molar-refractivity contribution in [1.82, 2.24) is 0 Å². The Morgan fingerprint density at radius 2 is 1.52 bits per heavy atom. The van der Waals surface area contributed by atoms with Gasteiger partial charge in [-0.2, -0.15) is 10.2 Å². The molecule has 2 rings (SSSR count). The average molecular weight is 498 g/mol. The number of rotatable bonds is 11. The molecule has 1 unspecified atom stereocenters. The Morgan fingerprint density at radius 3 is 1.94 bits per heavy atom. The van der Waals surface area contributed by atoms with E-state index in [1.165, 1.54) is 33.3 Å². The number of nitrogens with zero attached hydrogens (tertiary/aromatic N) is 3. The number of Topliss-reactive ketones (excluding diaryl/α,β-unsaturated/α-hetero) is 1. The van der Waals surface area contributed by atoms with Gasteiger partial charge >= 0.3 is 0 Å². The lowest BCUT2D eigenvalue weighted by atomic mass is 10.2. The molecule has 0 saturated carbocycles. The number of ether oxygens (including phenoxy) is 4. The number of carbonyl (C=O) groups excluding carboxylic acids is 2. The van der Waals surface area contributed by atoms with Crippen molar-refractivity contribution < 1.29 is 28.5 Å². The lowest BCUT2D eigenvalue weighted by molar-refractivity contribution is -0.126. The number of hydrogen-bond donors (Lipinski definition) is 0. The summed E-state index contributed by atoms with van der Waals surface area (Å²) in [5.74, 6) is -0.174. The van der Waals surface area contributed by atoms with Crippen LogP contribution in [0.5, 0.6) is 23.0 Å². The van der Waals surface area contributed by atoms with E-state index in [-0.39, 0.29) is 27.9 Å². The van der Waals surface area contributed by atoms with Crippen molar-refractivity contribution >= 4 is 46.4 Å². The Bertz CT molecular complexity index is 982. The van der Waals surface area contributed by atoms with E-state index in [4.69, 9.17) is 42.3 Å². The monoisotopic (exact) mass is 497 g/mol. The van der Waals surface area contributed by atoms with Crippen LogP contribution >= 0.6 is 23.4 Å². The fourth-order valence-corrected chi connectivity index (χ4v) is 3.29. The summed E-state index contributed by atoms with van der Waals surface area (Å²) in [6, 6.07) is 6.42. The van der Waals surface area contributed by atoms with Crippen molar-refractivity contribution in [2.45, 2.75) is 26.8 Å². The molecule has 1 atom stereocenters. The Morgan fingerprint density at radius 1 is 1.00 bits per heavy atom. The summed E-state index contributed by atoms with van der Waals surface area (Å²) < 4.78 is 22.3. The first-order valence-electron chi connectivity index (χ1n) is 10.00. The van der Waals surface area contributed by atoms with Crippen molar-refractivity contribution in [1.29, 1.82) is 0 Å². The van der Waals surface area contributed by atoms with Crippen molar-refractivity contribution in [3.8, 4) is 23.0 Å². The van der Waals surface area contributed by atoms with Crippen LogP contribution in [0.15, 0.2) is 40.6 Å². The predicted molar refractivity (Wildman–Crippen MR) is 126 cm³/mol. The first-order valence-corrected chi connectivity index (χ1v) is 10.7. The number of azo groups is 1. The van der Waals surface area contributed by atoms with Gasteiger partial charge in [-0.1, -0.05) is 17.7 Å². The zero-order valence-electron chi connectivity index (χ0n) is 18.9. The van der Waals surface area contributed by atoms with Crippen LogP contribution in [0.4, 0.5) is 11.4 Å². The summed E-state index contributed by atoms with van der Waals surface area (Å²) in [5.41, 5.74) is 0.417. The van der Waals surface area contributed by atoms with Crippen LogP contribution in [0, 0.1) is 0 Å². The third-order valence-electron chi connectivity index (χ3n) is 4.29. The summed E-state index contributed by atoms with van der Waals surface area (Å²) in [6.45, 7) is 5.54. The molecule has 11 heteroatoms. The molecule has 0 heterocycles. The molecule has 2 aromatic rings. The van der Waals surface area contributed by atoms with E-state index in [0.717, 1.165) is 4.42 Å². The van der Waals surface area contributed by atoms with Gasteiger partial charge in [0.25, 0.3) is 5.91 Å². The molecular formula is C22H25Cl2N3O6. The van der Waals surface area contributed by atoms with Crippen molar-refractivity contribution in [3.63, 3.8) is 0 Å². The maximum absolute atomic E-state index is 13.1. The van der Waals surface area contributed by atoms with Gasteiger partial charge in [0.2, 0.25) is 6.04 Å². The van der Waals surface area contributed by atoms with Gasteiger partial charge in [0, 0.05) is 23.9 Å². The lowest BCUT2D eigenvalue weighted by Crippen LogP contribution is -2.36. The van der Waals surface area contributed by atoms with Crippen LogP contribution in [0.25, 0.3) is 0 Å². The highest BCUT2D eigenvalue weighted by molar-refractivity contribution is 6.40. The van der Waals surface area contributed by atoms with E-state index in [9.17, 15) is 9.59 Å². The van der Waals surface area contributed by atoms with Crippen LogP contribution in [-0.2, 0) is 9.59 Å². The zero-order valence-corrected chi connectivity index (χ0v) is 20.4. The standard InChI is InChI=1S/C22H25Cl2N3O6/c1-6-32-17-11-14(12-18(19(17)23)33-7-2)25-26-20(13(3)28)22(29)27(24)21-15(30-4)9-8-10-16(21)31-5/h8-12,20H,6-7H2,1-5H3. The predicted octanol–water partition coefficient (Wildman–Crippen LogP) is 5.38. The van der Waals surface area contributed by atoms with Crippen LogP contribution in [0.2, 0.25) is 5.02 Å². The van der Waals surface area contributed by atoms with Gasteiger partial charge < -0.3 is 18.9 Å². The SMILES string of the molecule is CCOc1cc(N=NC(C(C)=O)C(=O)N(Cl)c2c(OC)cccc2OC)cc(OCC)c1Cl. The van der Waals surface area contributed by atoms with Crippen LogP contribution in [-0.4, -0.2) is 45.2 Å². The molecule has 33 heavy (non-hydrogen) atoms. The summed E-state index contributed by atoms with van der Waals surface area (Å²) >= 11 is 12.6. The number of benzene rings is 2. The van der Waals surface area contributed by atoms with Gasteiger partial charge in [-0.05, 0) is 32.9 Å². The van der Waals surface area contributed by atoms with Gasteiger partial charge in [0.1, 0.15) is 33.7 Å². The third-order valence-corrected chi connectivity index (χ3v) is 5.00. The molecule has 9 nitrogen and oxygen atoms in total. The molecule has 1 amide bonds. The third kappa shape index (κ3) is 6.27. The van der Waals surface area contributed by atoms with E-state index >= 15 is 0 Å². The molecule has 0 saturated heterocycles. The molecule has 0 spiro atoms. The first kappa shape index (κ1) is 26.2. The van der Waals surface area contributed by atoms with Gasteiger partial charge in [-0.25, -0.2) is 4.42 Å². The summed E-state index contributed by atoms with van der Waals surface area (Å²) in [5, 5.41) is 8.29. The first-order chi connectivity index (χ1) is 15.8. The molecule has 0 aliphatic rings. The summed E-state index contributed by atoms with van der Waals surface area (Å²) in [7, 11) is 2.84. The number of ketones is 1. The van der Waals surface area contributed by atoms with Crippen molar-refractivity contribution in [2.24, 2.45) is 10.2 Å². The molecule has 0 aromatic heterocycles. The van der Waals surface area contributed by atoms with Crippen LogP contribution in [0.3, 0.4) is 0 Å². The number of methoxy groups -OCH3 is 2. The number of carbonyl (C=O) groups is 2. The lowest BCUT2D eigenvalue weighted by Gasteiger charge is -2.21. The second-order valence-electron chi connectivity index (χ2n) is 6.48. The van der Waals surface area contributed by atoms with E-state index in [1.54, 1.807) is 32.0 Å². The van der Waals surface area contributed by atoms with E-state index in [0.29, 0.717) is 24.7 Å². The van der Waals surface area contributed by atoms with Gasteiger partial charge in [-0.3, -0.25) is 9.59 Å². The highest BCUT2D eigenvalue weighted by atomic mass is 35.5. The fourth-order valence-electron chi connectivity index (χ4n) is 2.81. The molecule has 0 N–H and O–H groups in total. The number of amides is 1. The van der Waals surface area contributed by atoms with Crippen LogP contribution < -0.4 is 23.4 Å².